The smallest absolute Gasteiger partial charge is 0.309 e. The van der Waals surface area contributed by atoms with Gasteiger partial charge in [0.15, 0.2) is 0 Å². The molecule has 0 aromatic heterocycles. The van der Waals surface area contributed by atoms with E-state index in [1.54, 1.807) is 7.11 Å². The second-order valence-corrected chi connectivity index (χ2v) is 8.28. The molecule has 4 rings (SSSR count). The topological polar surface area (TPSA) is 55.8 Å². The molecule has 31 heavy (non-hydrogen) atoms. The Kier molecular flexibility index (Phi) is 6.26. The number of rotatable bonds is 9. The molecule has 160 valence electrons. The molecule has 0 radical (unpaired) electrons. The molecule has 0 heterocycles. The van der Waals surface area contributed by atoms with Crippen LogP contribution in [0.5, 0.6) is 11.5 Å². The van der Waals surface area contributed by atoms with E-state index in [0.717, 1.165) is 48.3 Å². The molecular weight excluding hydrogens is 388 g/mol. The molecule has 0 spiro atoms. The molecule has 0 bridgehead atoms. The van der Waals surface area contributed by atoms with Crippen LogP contribution in [0.3, 0.4) is 0 Å². The summed E-state index contributed by atoms with van der Waals surface area (Å²) < 4.78 is 11.1. The monoisotopic (exact) mass is 416 g/mol. The summed E-state index contributed by atoms with van der Waals surface area (Å²) in [5, 5.41) is 9.50. The molecule has 1 N–H and O–H groups in total. The van der Waals surface area contributed by atoms with Gasteiger partial charge in [-0.15, -0.1) is 0 Å². The third-order valence-corrected chi connectivity index (χ3v) is 6.27. The minimum absolute atomic E-state index is 0.555. The maximum atomic E-state index is 11.5. The van der Waals surface area contributed by atoms with Crippen molar-refractivity contribution in [1.29, 1.82) is 0 Å². The first kappa shape index (κ1) is 21.0. The molecule has 0 saturated heterocycles. The van der Waals surface area contributed by atoms with Crippen LogP contribution in [0.15, 0.2) is 72.8 Å². The van der Waals surface area contributed by atoms with Crippen molar-refractivity contribution in [2.24, 2.45) is 5.41 Å². The van der Waals surface area contributed by atoms with Crippen molar-refractivity contribution in [2.75, 3.05) is 13.7 Å². The third-order valence-electron chi connectivity index (χ3n) is 6.27. The van der Waals surface area contributed by atoms with Gasteiger partial charge in [0.1, 0.15) is 11.5 Å². The largest absolute Gasteiger partial charge is 0.497 e. The summed E-state index contributed by atoms with van der Waals surface area (Å²) in [4.78, 5) is 11.5. The number of ether oxygens (including phenoxy) is 2. The highest BCUT2D eigenvalue weighted by Crippen LogP contribution is 2.44. The van der Waals surface area contributed by atoms with Crippen molar-refractivity contribution in [3.8, 4) is 22.6 Å². The van der Waals surface area contributed by atoms with Crippen LogP contribution in [-0.4, -0.2) is 24.8 Å². The molecule has 0 aliphatic heterocycles. The van der Waals surface area contributed by atoms with E-state index in [4.69, 9.17) is 9.47 Å². The Morgan fingerprint density at radius 3 is 1.90 bits per heavy atom. The maximum absolute atomic E-state index is 11.5. The summed E-state index contributed by atoms with van der Waals surface area (Å²) in [5.41, 5.74) is 4.06. The Labute approximate surface area is 183 Å². The Morgan fingerprint density at radius 1 is 0.839 bits per heavy atom. The van der Waals surface area contributed by atoms with E-state index in [-0.39, 0.29) is 0 Å². The molecule has 1 fully saturated rings. The van der Waals surface area contributed by atoms with Gasteiger partial charge in [0.2, 0.25) is 0 Å². The molecule has 4 nitrogen and oxygen atoms in total. The molecule has 3 aromatic carbocycles. The second-order valence-electron chi connectivity index (χ2n) is 8.28. The van der Waals surface area contributed by atoms with Crippen LogP contribution in [0.1, 0.15) is 30.4 Å². The van der Waals surface area contributed by atoms with Gasteiger partial charge >= 0.3 is 5.97 Å². The number of methoxy groups -OCH3 is 1. The fourth-order valence-corrected chi connectivity index (χ4v) is 4.10. The molecule has 1 aliphatic rings. The quantitative estimate of drug-likeness (QED) is 0.480. The lowest BCUT2D eigenvalue weighted by Crippen LogP contribution is -2.39. The van der Waals surface area contributed by atoms with Crippen LogP contribution >= 0.6 is 0 Å². The Balaban J connectivity index is 1.27. The molecule has 0 unspecified atom stereocenters. The molecule has 1 saturated carbocycles. The number of hydrogen-bond donors (Lipinski definition) is 1. The van der Waals surface area contributed by atoms with Crippen LogP contribution in [-0.2, 0) is 17.6 Å². The van der Waals surface area contributed by atoms with E-state index in [9.17, 15) is 9.90 Å². The summed E-state index contributed by atoms with van der Waals surface area (Å²) in [6, 6.07) is 24.4. The lowest BCUT2D eigenvalue weighted by Gasteiger charge is -2.37. The highest BCUT2D eigenvalue weighted by atomic mass is 16.5. The van der Waals surface area contributed by atoms with Gasteiger partial charge in [-0.3, -0.25) is 4.79 Å². The zero-order valence-corrected chi connectivity index (χ0v) is 17.8. The summed E-state index contributed by atoms with van der Waals surface area (Å²) in [7, 11) is 1.67. The van der Waals surface area contributed by atoms with Gasteiger partial charge < -0.3 is 14.6 Å². The molecular formula is C27H28O4. The first-order valence-corrected chi connectivity index (χ1v) is 10.8. The van der Waals surface area contributed by atoms with Gasteiger partial charge in [0.25, 0.3) is 0 Å². The van der Waals surface area contributed by atoms with Gasteiger partial charge in [0, 0.05) is 6.42 Å². The number of hydrogen-bond acceptors (Lipinski definition) is 3. The summed E-state index contributed by atoms with van der Waals surface area (Å²) in [6.45, 7) is 0.598. The van der Waals surface area contributed by atoms with Crippen molar-refractivity contribution < 1.29 is 19.4 Å². The predicted molar refractivity (Wildman–Crippen MR) is 122 cm³/mol. The average molecular weight is 417 g/mol. The van der Waals surface area contributed by atoms with Gasteiger partial charge in [-0.05, 0) is 65.8 Å². The van der Waals surface area contributed by atoms with Crippen molar-refractivity contribution in [3.63, 3.8) is 0 Å². The minimum atomic E-state index is -0.669. The summed E-state index contributed by atoms with van der Waals surface area (Å²) in [6.07, 6.45) is 3.99. The molecule has 0 atom stereocenters. The summed E-state index contributed by atoms with van der Waals surface area (Å²) in [5.74, 6) is 1.00. The van der Waals surface area contributed by atoms with Crippen LogP contribution < -0.4 is 9.47 Å². The lowest BCUT2D eigenvalue weighted by atomic mass is 9.65. The van der Waals surface area contributed by atoms with Crippen molar-refractivity contribution in [1.82, 2.24) is 0 Å². The van der Waals surface area contributed by atoms with Crippen molar-refractivity contribution in [2.45, 2.75) is 32.1 Å². The minimum Gasteiger partial charge on any atom is -0.497 e. The predicted octanol–water partition coefficient (Wildman–Crippen LogP) is 5.78. The standard InChI is InChI=1S/C27H28O4/c1-30-24-13-9-23(10-14-24)22-7-3-20(4-8-22)15-18-31-25-11-5-21(6-12-25)19-27(26(28)29)16-2-17-27/h3-14H,2,15-19H2,1H3,(H,28,29). The van der Waals surface area contributed by atoms with E-state index in [0.29, 0.717) is 13.0 Å². The van der Waals surface area contributed by atoms with E-state index in [1.807, 2.05) is 36.4 Å². The normalized spacial score (nSPS) is 14.5. The molecule has 3 aromatic rings. The highest BCUT2D eigenvalue weighted by molar-refractivity contribution is 5.76. The van der Waals surface area contributed by atoms with Gasteiger partial charge in [0.05, 0.1) is 19.1 Å². The Hall–Kier alpha value is -3.27. The second kappa shape index (κ2) is 9.25. The van der Waals surface area contributed by atoms with E-state index < -0.39 is 11.4 Å². The van der Waals surface area contributed by atoms with Crippen LogP contribution in [0, 0.1) is 5.41 Å². The Morgan fingerprint density at radius 2 is 1.39 bits per heavy atom. The van der Waals surface area contributed by atoms with Crippen LogP contribution in [0.25, 0.3) is 11.1 Å². The number of benzene rings is 3. The molecule has 4 heteroatoms. The van der Waals surface area contributed by atoms with Crippen molar-refractivity contribution >= 4 is 5.97 Å². The summed E-state index contributed by atoms with van der Waals surface area (Å²) >= 11 is 0. The van der Waals surface area contributed by atoms with Gasteiger partial charge in [-0.25, -0.2) is 0 Å². The molecule has 0 amide bonds. The van der Waals surface area contributed by atoms with Crippen molar-refractivity contribution in [3.05, 3.63) is 83.9 Å². The number of aliphatic carboxylic acids is 1. The van der Waals surface area contributed by atoms with E-state index >= 15 is 0 Å². The average Bonchev–Trinajstić information content (AvgIpc) is 2.77. The zero-order chi connectivity index (χ0) is 21.7. The van der Waals surface area contributed by atoms with Gasteiger partial charge in [-0.2, -0.15) is 0 Å². The third kappa shape index (κ3) is 4.91. The number of carboxylic acids is 1. The highest BCUT2D eigenvalue weighted by Gasteiger charge is 2.44. The SMILES string of the molecule is COc1ccc(-c2ccc(CCOc3ccc(CC4(C(=O)O)CCC4)cc3)cc2)cc1. The lowest BCUT2D eigenvalue weighted by molar-refractivity contribution is -0.154. The zero-order valence-electron chi connectivity index (χ0n) is 17.8. The molecule has 1 aliphatic carbocycles. The first-order valence-electron chi connectivity index (χ1n) is 10.8. The number of carboxylic acid groups (broad SMARTS) is 1. The Bertz CT molecular complexity index is 1000. The van der Waals surface area contributed by atoms with Crippen LogP contribution in [0.4, 0.5) is 0 Å². The van der Waals surface area contributed by atoms with E-state index in [2.05, 4.69) is 36.4 Å². The maximum Gasteiger partial charge on any atom is 0.309 e. The fourth-order valence-electron chi connectivity index (χ4n) is 4.10. The fraction of sp³-hybridized carbons (Fsp3) is 0.296. The van der Waals surface area contributed by atoms with Crippen LogP contribution in [0.2, 0.25) is 0 Å². The van der Waals surface area contributed by atoms with Gasteiger partial charge in [-0.1, -0.05) is 55.0 Å². The number of carbonyl (C=O) groups is 1. The first-order chi connectivity index (χ1) is 15.1. The van der Waals surface area contributed by atoms with E-state index in [1.165, 1.54) is 11.1 Å².